The Morgan fingerprint density at radius 1 is 1.23 bits per heavy atom. The van der Waals surface area contributed by atoms with Gasteiger partial charge in [0, 0.05) is 13.0 Å². The van der Waals surface area contributed by atoms with Crippen molar-refractivity contribution in [3.8, 4) is 0 Å². The fourth-order valence-electron chi connectivity index (χ4n) is 2.24. The molecule has 0 spiro atoms. The molecule has 1 aliphatic carbocycles. The maximum Gasteiger partial charge on any atom is 0.0532 e. The Hall–Kier alpha value is -0.980. The predicted molar refractivity (Wildman–Crippen MR) is 56.2 cm³/mol. The van der Waals surface area contributed by atoms with Gasteiger partial charge in [0.1, 0.15) is 0 Å². The molecule has 3 atom stereocenters. The van der Waals surface area contributed by atoms with Crippen LogP contribution in [0.3, 0.4) is 0 Å². The number of hydrogen-bond acceptors (Lipinski definition) is 1. The van der Waals surface area contributed by atoms with Crippen LogP contribution in [-0.2, 0) is 0 Å². The highest BCUT2D eigenvalue weighted by atomic mass is 15.1. The number of nitrogens with zero attached hydrogens (tertiary/aromatic N) is 1. The first kappa shape index (κ1) is 8.61. The van der Waals surface area contributed by atoms with Gasteiger partial charge in [-0.2, -0.15) is 0 Å². The topological polar surface area (TPSA) is 3.24 Å². The molecule has 0 aromatic heterocycles. The molecule has 3 unspecified atom stereocenters. The predicted octanol–water partition coefficient (Wildman–Crippen LogP) is 2.58. The van der Waals surface area contributed by atoms with Crippen LogP contribution in [0.5, 0.6) is 0 Å². The number of hydrogen-bond donors (Lipinski definition) is 0. The van der Waals surface area contributed by atoms with Crippen LogP contribution in [-0.4, -0.2) is 18.0 Å². The van der Waals surface area contributed by atoms with Crippen molar-refractivity contribution < 1.29 is 0 Å². The van der Waals surface area contributed by atoms with Gasteiger partial charge in [0.2, 0.25) is 0 Å². The molecular formula is C12H17N. The van der Waals surface area contributed by atoms with Gasteiger partial charge in [-0.1, -0.05) is 37.3 Å². The zero-order valence-corrected chi connectivity index (χ0v) is 8.35. The van der Waals surface area contributed by atoms with Gasteiger partial charge in [-0.15, -0.1) is 0 Å². The van der Waals surface area contributed by atoms with Crippen molar-refractivity contribution in [2.45, 2.75) is 19.4 Å². The lowest BCUT2D eigenvalue weighted by Crippen LogP contribution is -2.34. The van der Waals surface area contributed by atoms with E-state index in [-0.39, 0.29) is 0 Å². The SMILES string of the molecule is CC1CC=CN(C)C2C=CC=CC12. The second-order valence-electron chi connectivity index (χ2n) is 4.10. The molecule has 0 radical (unpaired) electrons. The van der Waals surface area contributed by atoms with Crippen LogP contribution in [0.1, 0.15) is 13.3 Å². The summed E-state index contributed by atoms with van der Waals surface area (Å²) in [6.07, 6.45) is 14.7. The molecule has 0 fully saturated rings. The van der Waals surface area contributed by atoms with E-state index in [1.807, 2.05) is 0 Å². The van der Waals surface area contributed by atoms with Crippen LogP contribution in [0.15, 0.2) is 36.6 Å². The quantitative estimate of drug-likeness (QED) is 0.547. The Kier molecular flexibility index (Phi) is 2.26. The highest BCUT2D eigenvalue weighted by molar-refractivity contribution is 5.20. The third-order valence-corrected chi connectivity index (χ3v) is 3.12. The molecule has 13 heavy (non-hydrogen) atoms. The first-order chi connectivity index (χ1) is 6.29. The van der Waals surface area contributed by atoms with Gasteiger partial charge in [0.25, 0.3) is 0 Å². The summed E-state index contributed by atoms with van der Waals surface area (Å²) in [7, 11) is 2.16. The molecule has 0 N–H and O–H groups in total. The van der Waals surface area contributed by atoms with Gasteiger partial charge in [0.05, 0.1) is 6.04 Å². The number of likely N-dealkylation sites (N-methyl/N-ethyl adjacent to an activating group) is 1. The molecule has 1 heteroatoms. The lowest BCUT2D eigenvalue weighted by atomic mass is 9.83. The van der Waals surface area contributed by atoms with E-state index in [9.17, 15) is 0 Å². The van der Waals surface area contributed by atoms with E-state index in [0.717, 1.165) is 5.92 Å². The van der Waals surface area contributed by atoms with E-state index in [2.05, 4.69) is 55.5 Å². The van der Waals surface area contributed by atoms with Crippen LogP contribution >= 0.6 is 0 Å². The molecule has 70 valence electrons. The Balaban J connectivity index is 2.26. The number of allylic oxidation sites excluding steroid dienone is 3. The van der Waals surface area contributed by atoms with Crippen molar-refractivity contribution in [3.05, 3.63) is 36.6 Å². The van der Waals surface area contributed by atoms with Gasteiger partial charge in [-0.05, 0) is 18.5 Å². The largest absolute Gasteiger partial charge is 0.374 e. The maximum absolute atomic E-state index is 2.35. The average molecular weight is 175 g/mol. The summed E-state index contributed by atoms with van der Waals surface area (Å²) in [5.41, 5.74) is 0. The molecule has 0 aromatic carbocycles. The lowest BCUT2D eigenvalue weighted by molar-refractivity contribution is 0.272. The van der Waals surface area contributed by atoms with Crippen molar-refractivity contribution in [2.75, 3.05) is 7.05 Å². The Bertz CT molecular complexity index is 262. The third kappa shape index (κ3) is 1.55. The normalized spacial score (nSPS) is 37.4. The molecule has 0 saturated heterocycles. The van der Waals surface area contributed by atoms with Gasteiger partial charge < -0.3 is 4.90 Å². The van der Waals surface area contributed by atoms with Crippen molar-refractivity contribution in [1.82, 2.24) is 4.90 Å². The van der Waals surface area contributed by atoms with Crippen LogP contribution < -0.4 is 0 Å². The van der Waals surface area contributed by atoms with Crippen molar-refractivity contribution in [2.24, 2.45) is 11.8 Å². The average Bonchev–Trinajstić information content (AvgIpc) is 2.29. The maximum atomic E-state index is 2.35. The van der Waals surface area contributed by atoms with Gasteiger partial charge in [-0.25, -0.2) is 0 Å². The van der Waals surface area contributed by atoms with E-state index in [0.29, 0.717) is 12.0 Å². The van der Waals surface area contributed by atoms with E-state index in [4.69, 9.17) is 0 Å². The standard InChI is InChI=1S/C12H17N/c1-10-6-5-9-13(2)12-8-4-3-7-11(10)12/h3-5,7-12H,6H2,1-2H3. The van der Waals surface area contributed by atoms with E-state index in [1.165, 1.54) is 6.42 Å². The fourth-order valence-corrected chi connectivity index (χ4v) is 2.24. The van der Waals surface area contributed by atoms with Gasteiger partial charge in [-0.3, -0.25) is 0 Å². The van der Waals surface area contributed by atoms with Crippen LogP contribution in [0.4, 0.5) is 0 Å². The molecule has 1 heterocycles. The summed E-state index contributed by atoms with van der Waals surface area (Å²) in [5.74, 6) is 1.44. The van der Waals surface area contributed by atoms with Gasteiger partial charge >= 0.3 is 0 Å². The molecule has 0 aromatic rings. The molecule has 1 aliphatic heterocycles. The fraction of sp³-hybridized carbons (Fsp3) is 0.500. The Morgan fingerprint density at radius 2 is 2.00 bits per heavy atom. The minimum atomic E-state index is 0.568. The summed E-state index contributed by atoms with van der Waals surface area (Å²) in [6, 6.07) is 0.568. The third-order valence-electron chi connectivity index (χ3n) is 3.12. The van der Waals surface area contributed by atoms with Crippen molar-refractivity contribution in [1.29, 1.82) is 0 Å². The Morgan fingerprint density at radius 3 is 2.85 bits per heavy atom. The van der Waals surface area contributed by atoms with Crippen molar-refractivity contribution >= 4 is 0 Å². The second-order valence-corrected chi connectivity index (χ2v) is 4.10. The van der Waals surface area contributed by atoms with Crippen LogP contribution in [0, 0.1) is 11.8 Å². The molecule has 1 nitrogen and oxygen atoms in total. The molecule has 0 saturated carbocycles. The second kappa shape index (κ2) is 3.41. The molecule has 2 rings (SSSR count). The highest BCUT2D eigenvalue weighted by Gasteiger charge is 2.27. The highest BCUT2D eigenvalue weighted by Crippen LogP contribution is 2.29. The number of fused-ring (bicyclic) bond motifs is 1. The first-order valence-corrected chi connectivity index (χ1v) is 5.02. The zero-order valence-electron chi connectivity index (χ0n) is 8.35. The number of rotatable bonds is 0. The van der Waals surface area contributed by atoms with E-state index >= 15 is 0 Å². The minimum absolute atomic E-state index is 0.568. The first-order valence-electron chi connectivity index (χ1n) is 5.02. The van der Waals surface area contributed by atoms with Crippen molar-refractivity contribution in [3.63, 3.8) is 0 Å². The minimum Gasteiger partial charge on any atom is -0.374 e. The molecule has 0 bridgehead atoms. The summed E-state index contributed by atoms with van der Waals surface area (Å²) in [5, 5.41) is 0. The molecule has 0 amide bonds. The Labute approximate surface area is 80.4 Å². The molecular weight excluding hydrogens is 158 g/mol. The molecule has 2 aliphatic rings. The summed E-state index contributed by atoms with van der Waals surface area (Å²) >= 11 is 0. The van der Waals surface area contributed by atoms with Crippen LogP contribution in [0.2, 0.25) is 0 Å². The lowest BCUT2D eigenvalue weighted by Gasteiger charge is -2.32. The van der Waals surface area contributed by atoms with E-state index in [1.54, 1.807) is 0 Å². The van der Waals surface area contributed by atoms with E-state index < -0.39 is 0 Å². The summed E-state index contributed by atoms with van der Waals surface area (Å²) in [4.78, 5) is 2.31. The van der Waals surface area contributed by atoms with Gasteiger partial charge in [0.15, 0.2) is 0 Å². The zero-order chi connectivity index (χ0) is 9.26. The van der Waals surface area contributed by atoms with Crippen LogP contribution in [0.25, 0.3) is 0 Å². The summed E-state index contributed by atoms with van der Waals surface area (Å²) < 4.78 is 0. The smallest absolute Gasteiger partial charge is 0.0532 e. The summed E-state index contributed by atoms with van der Waals surface area (Å²) in [6.45, 7) is 2.34. The monoisotopic (exact) mass is 175 g/mol.